The van der Waals surface area contributed by atoms with Crippen molar-refractivity contribution in [2.24, 2.45) is 5.73 Å². The third-order valence-corrected chi connectivity index (χ3v) is 5.24. The third kappa shape index (κ3) is 4.80. The summed E-state index contributed by atoms with van der Waals surface area (Å²) in [6.45, 7) is 6.63. The molecule has 2 aromatic rings. The summed E-state index contributed by atoms with van der Waals surface area (Å²) in [5.74, 6) is 0.0509. The van der Waals surface area contributed by atoms with Crippen LogP contribution < -0.4 is 5.73 Å². The van der Waals surface area contributed by atoms with Gasteiger partial charge in [-0.1, -0.05) is 19.1 Å². The summed E-state index contributed by atoms with van der Waals surface area (Å²) in [5.41, 5.74) is 7.12. The zero-order chi connectivity index (χ0) is 15.5. The number of aromatic nitrogens is 1. The predicted molar refractivity (Wildman–Crippen MR) is 104 cm³/mol. The van der Waals surface area contributed by atoms with Gasteiger partial charge in [0.15, 0.2) is 0 Å². The van der Waals surface area contributed by atoms with Crippen LogP contribution in [0.1, 0.15) is 11.9 Å². The van der Waals surface area contributed by atoms with Gasteiger partial charge in [-0.3, -0.25) is 4.79 Å². The van der Waals surface area contributed by atoms with Gasteiger partial charge in [-0.2, -0.15) is 0 Å². The van der Waals surface area contributed by atoms with Gasteiger partial charge in [0.05, 0.1) is 21.3 Å². The number of hydrogen-bond donors (Lipinski definition) is 1. The van der Waals surface area contributed by atoms with Gasteiger partial charge in [-0.15, -0.1) is 36.2 Å². The SMILES string of the molecule is CCN1CCN(C(=O)[C@@H](N)Cc2nc3ccccc3s2)CC1.Cl.Cl. The molecule has 24 heavy (non-hydrogen) atoms. The summed E-state index contributed by atoms with van der Waals surface area (Å²) in [6, 6.07) is 7.53. The van der Waals surface area contributed by atoms with Crippen molar-refractivity contribution in [3.05, 3.63) is 29.3 Å². The Kier molecular flexibility index (Phi) is 8.39. The van der Waals surface area contributed by atoms with Gasteiger partial charge in [0.1, 0.15) is 0 Å². The maximum atomic E-state index is 12.5. The fourth-order valence-corrected chi connectivity index (χ4v) is 3.83. The molecule has 8 heteroatoms. The van der Waals surface area contributed by atoms with Crippen LogP contribution in [0.15, 0.2) is 24.3 Å². The van der Waals surface area contributed by atoms with E-state index < -0.39 is 6.04 Å². The van der Waals surface area contributed by atoms with Crippen LogP contribution in [0, 0.1) is 0 Å². The molecule has 1 aliphatic heterocycles. The fourth-order valence-electron chi connectivity index (χ4n) is 2.80. The van der Waals surface area contributed by atoms with Crippen LogP contribution in [-0.4, -0.2) is 59.5 Å². The number of rotatable bonds is 4. The average Bonchev–Trinajstić information content (AvgIpc) is 2.96. The van der Waals surface area contributed by atoms with Gasteiger partial charge in [0.25, 0.3) is 0 Å². The molecular formula is C16H24Cl2N4OS. The summed E-state index contributed by atoms with van der Waals surface area (Å²) in [4.78, 5) is 21.3. The quantitative estimate of drug-likeness (QED) is 0.868. The highest BCUT2D eigenvalue weighted by Gasteiger charge is 2.25. The zero-order valence-electron chi connectivity index (χ0n) is 13.7. The van der Waals surface area contributed by atoms with E-state index in [9.17, 15) is 4.79 Å². The Bertz CT molecular complexity index is 625. The molecule has 2 N–H and O–H groups in total. The van der Waals surface area contributed by atoms with E-state index in [1.54, 1.807) is 11.3 Å². The van der Waals surface area contributed by atoms with Gasteiger partial charge in [0, 0.05) is 32.6 Å². The maximum Gasteiger partial charge on any atom is 0.240 e. The van der Waals surface area contributed by atoms with Crippen LogP contribution in [0.2, 0.25) is 0 Å². The second kappa shape index (κ2) is 9.53. The van der Waals surface area contributed by atoms with E-state index in [-0.39, 0.29) is 30.7 Å². The summed E-state index contributed by atoms with van der Waals surface area (Å²) >= 11 is 1.62. The van der Waals surface area contributed by atoms with E-state index in [2.05, 4.69) is 16.8 Å². The van der Waals surface area contributed by atoms with Crippen molar-refractivity contribution in [1.82, 2.24) is 14.8 Å². The minimum absolute atomic E-state index is 0. The number of carbonyl (C=O) groups is 1. The largest absolute Gasteiger partial charge is 0.339 e. The number of piperazine rings is 1. The molecule has 1 amide bonds. The lowest BCUT2D eigenvalue weighted by molar-refractivity contribution is -0.134. The monoisotopic (exact) mass is 390 g/mol. The lowest BCUT2D eigenvalue weighted by Gasteiger charge is -2.35. The van der Waals surface area contributed by atoms with Crippen molar-refractivity contribution >= 4 is 52.3 Å². The minimum atomic E-state index is -0.492. The molecule has 0 bridgehead atoms. The normalized spacial score (nSPS) is 16.3. The first-order chi connectivity index (χ1) is 10.7. The number of thiazole rings is 1. The van der Waals surface area contributed by atoms with E-state index in [0.29, 0.717) is 6.42 Å². The van der Waals surface area contributed by atoms with E-state index in [4.69, 9.17) is 5.73 Å². The van der Waals surface area contributed by atoms with Crippen LogP contribution in [-0.2, 0) is 11.2 Å². The summed E-state index contributed by atoms with van der Waals surface area (Å²) < 4.78 is 1.15. The zero-order valence-corrected chi connectivity index (χ0v) is 16.1. The molecule has 134 valence electrons. The Morgan fingerprint density at radius 2 is 1.92 bits per heavy atom. The van der Waals surface area contributed by atoms with Crippen molar-refractivity contribution in [1.29, 1.82) is 0 Å². The number of nitrogens with two attached hydrogens (primary N) is 1. The minimum Gasteiger partial charge on any atom is -0.339 e. The molecule has 0 radical (unpaired) electrons. The third-order valence-electron chi connectivity index (χ3n) is 4.18. The molecule has 1 aromatic carbocycles. The van der Waals surface area contributed by atoms with Crippen LogP contribution in [0.25, 0.3) is 10.2 Å². The Labute approximate surface area is 159 Å². The molecule has 3 rings (SSSR count). The molecular weight excluding hydrogens is 367 g/mol. The Morgan fingerprint density at radius 1 is 1.25 bits per heavy atom. The topological polar surface area (TPSA) is 62.5 Å². The molecule has 5 nitrogen and oxygen atoms in total. The molecule has 0 spiro atoms. The molecule has 1 aliphatic rings. The second-order valence-corrected chi connectivity index (χ2v) is 6.76. The molecule has 0 aliphatic carbocycles. The number of likely N-dealkylation sites (N-methyl/N-ethyl adjacent to an activating group) is 1. The average molecular weight is 391 g/mol. The molecule has 2 heterocycles. The van der Waals surface area contributed by atoms with E-state index >= 15 is 0 Å². The van der Waals surface area contributed by atoms with E-state index in [0.717, 1.165) is 47.9 Å². The van der Waals surface area contributed by atoms with Crippen molar-refractivity contribution in [3.8, 4) is 0 Å². The van der Waals surface area contributed by atoms with Crippen molar-refractivity contribution in [2.45, 2.75) is 19.4 Å². The number of nitrogens with zero attached hydrogens (tertiary/aromatic N) is 3. The number of amides is 1. The van der Waals surface area contributed by atoms with Crippen LogP contribution in [0.3, 0.4) is 0 Å². The number of halogens is 2. The molecule has 0 saturated carbocycles. The smallest absolute Gasteiger partial charge is 0.240 e. The number of fused-ring (bicyclic) bond motifs is 1. The Hall–Kier alpha value is -0.920. The standard InChI is InChI=1S/C16H22N4OS.2ClH/c1-2-19-7-9-20(10-8-19)16(21)12(17)11-15-18-13-5-3-4-6-14(13)22-15;;/h3-6,12H,2,7-11,17H2,1H3;2*1H/t12-;;/m0../s1. The predicted octanol–water partition coefficient (Wildman–Crippen LogP) is 2.17. The van der Waals surface area contributed by atoms with Crippen molar-refractivity contribution < 1.29 is 4.79 Å². The fraction of sp³-hybridized carbons (Fsp3) is 0.500. The second-order valence-electron chi connectivity index (χ2n) is 5.65. The first-order valence-corrected chi connectivity index (χ1v) is 8.60. The highest BCUT2D eigenvalue weighted by atomic mass is 35.5. The number of hydrogen-bond acceptors (Lipinski definition) is 5. The van der Waals surface area contributed by atoms with E-state index in [1.807, 2.05) is 29.2 Å². The van der Waals surface area contributed by atoms with Crippen LogP contribution in [0.5, 0.6) is 0 Å². The molecule has 1 aromatic heterocycles. The number of carbonyl (C=O) groups excluding carboxylic acids is 1. The first kappa shape index (κ1) is 21.1. The number of para-hydroxylation sites is 1. The van der Waals surface area contributed by atoms with Crippen molar-refractivity contribution in [3.63, 3.8) is 0 Å². The lowest BCUT2D eigenvalue weighted by atomic mass is 10.2. The Balaban J connectivity index is 0.00000144. The maximum absolute atomic E-state index is 12.5. The van der Waals surface area contributed by atoms with E-state index in [1.165, 1.54) is 0 Å². The molecule has 1 fully saturated rings. The van der Waals surface area contributed by atoms with Crippen LogP contribution >= 0.6 is 36.2 Å². The van der Waals surface area contributed by atoms with Gasteiger partial charge in [-0.05, 0) is 18.7 Å². The Morgan fingerprint density at radius 3 is 2.54 bits per heavy atom. The van der Waals surface area contributed by atoms with Crippen molar-refractivity contribution in [2.75, 3.05) is 32.7 Å². The van der Waals surface area contributed by atoms with Gasteiger partial charge >= 0.3 is 0 Å². The molecule has 0 unspecified atom stereocenters. The number of benzene rings is 1. The summed E-state index contributed by atoms with van der Waals surface area (Å²) in [6.07, 6.45) is 0.520. The highest BCUT2D eigenvalue weighted by molar-refractivity contribution is 7.18. The summed E-state index contributed by atoms with van der Waals surface area (Å²) in [7, 11) is 0. The highest BCUT2D eigenvalue weighted by Crippen LogP contribution is 2.22. The van der Waals surface area contributed by atoms with Crippen LogP contribution in [0.4, 0.5) is 0 Å². The van der Waals surface area contributed by atoms with Gasteiger partial charge < -0.3 is 15.5 Å². The first-order valence-electron chi connectivity index (χ1n) is 7.78. The lowest BCUT2D eigenvalue weighted by Crippen LogP contribution is -2.53. The summed E-state index contributed by atoms with van der Waals surface area (Å²) in [5, 5.41) is 0.939. The van der Waals surface area contributed by atoms with Gasteiger partial charge in [-0.25, -0.2) is 4.98 Å². The van der Waals surface area contributed by atoms with Gasteiger partial charge in [0.2, 0.25) is 5.91 Å². The molecule has 1 saturated heterocycles. The molecule has 1 atom stereocenters.